The Morgan fingerprint density at radius 2 is 1.83 bits per heavy atom. The van der Waals surface area contributed by atoms with Gasteiger partial charge in [0.1, 0.15) is 11.4 Å². The van der Waals surface area contributed by atoms with Gasteiger partial charge < -0.3 is 15.4 Å². The molecule has 7 nitrogen and oxygen atoms in total. The van der Waals surface area contributed by atoms with Gasteiger partial charge in [-0.15, -0.1) is 0 Å². The summed E-state index contributed by atoms with van der Waals surface area (Å²) in [5, 5.41) is 14.8. The minimum absolute atomic E-state index is 0.272. The number of carbonyl (C=O) groups excluding carboxylic acids is 1. The molecule has 0 saturated heterocycles. The van der Waals surface area contributed by atoms with Gasteiger partial charge in [0.2, 0.25) is 5.95 Å². The molecule has 3 rings (SSSR count). The molecule has 1 aromatic heterocycles. The molecule has 29 heavy (non-hydrogen) atoms. The molecule has 1 heterocycles. The highest BCUT2D eigenvalue weighted by Gasteiger charge is 2.11. The first-order valence-electron chi connectivity index (χ1n) is 9.11. The van der Waals surface area contributed by atoms with Gasteiger partial charge in [-0.2, -0.15) is 5.26 Å². The Bertz CT molecular complexity index is 1020. The zero-order valence-electron chi connectivity index (χ0n) is 16.3. The van der Waals surface area contributed by atoms with E-state index in [1.807, 2.05) is 37.3 Å². The second-order valence-electron chi connectivity index (χ2n) is 6.39. The highest BCUT2D eigenvalue weighted by molar-refractivity contribution is 6.03. The van der Waals surface area contributed by atoms with Crippen LogP contribution in [0.15, 0.2) is 54.6 Å². The van der Waals surface area contributed by atoms with Crippen molar-refractivity contribution >= 4 is 17.5 Å². The summed E-state index contributed by atoms with van der Waals surface area (Å²) >= 11 is 0. The van der Waals surface area contributed by atoms with Crippen molar-refractivity contribution in [2.45, 2.75) is 13.3 Å². The molecule has 2 N–H and O–H groups in total. The van der Waals surface area contributed by atoms with Crippen LogP contribution in [0.2, 0.25) is 0 Å². The molecule has 7 heteroatoms. The summed E-state index contributed by atoms with van der Waals surface area (Å²) in [6.07, 6.45) is 0.786. The third-order valence-electron chi connectivity index (χ3n) is 4.21. The van der Waals surface area contributed by atoms with E-state index < -0.39 is 0 Å². The monoisotopic (exact) mass is 387 g/mol. The van der Waals surface area contributed by atoms with E-state index in [1.54, 1.807) is 37.4 Å². The third kappa shape index (κ3) is 5.53. The predicted octanol–water partition coefficient (Wildman–Crippen LogP) is 3.57. The lowest BCUT2D eigenvalue weighted by molar-refractivity contribution is 0.102. The fraction of sp³-hybridized carbons (Fsp3) is 0.182. The second-order valence-corrected chi connectivity index (χ2v) is 6.39. The van der Waals surface area contributed by atoms with E-state index in [2.05, 4.69) is 20.6 Å². The summed E-state index contributed by atoms with van der Waals surface area (Å²) in [5.41, 5.74) is 3.25. The number of methoxy groups -OCH3 is 1. The average molecular weight is 387 g/mol. The lowest BCUT2D eigenvalue weighted by Gasteiger charge is -2.09. The third-order valence-corrected chi connectivity index (χ3v) is 4.21. The molecule has 0 saturated carbocycles. The van der Waals surface area contributed by atoms with Crippen molar-refractivity contribution < 1.29 is 9.53 Å². The molecule has 3 aromatic rings. The predicted molar refractivity (Wildman–Crippen MR) is 111 cm³/mol. The number of hydrogen-bond acceptors (Lipinski definition) is 6. The number of amides is 1. The molecule has 0 spiro atoms. The van der Waals surface area contributed by atoms with Crippen LogP contribution in [0.1, 0.15) is 27.3 Å². The van der Waals surface area contributed by atoms with Crippen LogP contribution in [0.5, 0.6) is 5.75 Å². The van der Waals surface area contributed by atoms with Crippen molar-refractivity contribution in [3.63, 3.8) is 0 Å². The molecule has 0 aliphatic carbocycles. The van der Waals surface area contributed by atoms with Gasteiger partial charge in [-0.25, -0.2) is 9.97 Å². The van der Waals surface area contributed by atoms with Crippen LogP contribution < -0.4 is 15.4 Å². The number of rotatable bonds is 7. The van der Waals surface area contributed by atoms with E-state index in [0.717, 1.165) is 17.7 Å². The lowest BCUT2D eigenvalue weighted by atomic mass is 10.1. The molecule has 0 radical (unpaired) electrons. The number of hydrogen-bond donors (Lipinski definition) is 2. The first-order valence-corrected chi connectivity index (χ1v) is 9.11. The van der Waals surface area contributed by atoms with Crippen molar-refractivity contribution in [2.24, 2.45) is 0 Å². The minimum Gasteiger partial charge on any atom is -0.497 e. The molecular weight excluding hydrogens is 366 g/mol. The van der Waals surface area contributed by atoms with Crippen LogP contribution in [0.3, 0.4) is 0 Å². The van der Waals surface area contributed by atoms with E-state index >= 15 is 0 Å². The first-order chi connectivity index (χ1) is 14.1. The summed E-state index contributed by atoms with van der Waals surface area (Å²) in [4.78, 5) is 21.2. The van der Waals surface area contributed by atoms with Crippen molar-refractivity contribution in [1.82, 2.24) is 9.97 Å². The van der Waals surface area contributed by atoms with E-state index in [-0.39, 0.29) is 11.6 Å². The molecule has 0 aliphatic rings. The van der Waals surface area contributed by atoms with Crippen LogP contribution in [-0.4, -0.2) is 29.5 Å². The van der Waals surface area contributed by atoms with Crippen molar-refractivity contribution in [1.29, 1.82) is 5.26 Å². The Hall–Kier alpha value is -3.92. The van der Waals surface area contributed by atoms with Crippen LogP contribution in [-0.2, 0) is 6.42 Å². The maximum absolute atomic E-state index is 12.5. The SMILES string of the molecule is COc1ccc(CCNc2nc(C)cc(C(=O)Nc3ccc(C#N)cc3)n2)cc1. The Kier molecular flexibility index (Phi) is 6.38. The normalized spacial score (nSPS) is 10.1. The number of benzene rings is 2. The molecule has 0 unspecified atom stereocenters. The van der Waals surface area contributed by atoms with Crippen LogP contribution >= 0.6 is 0 Å². The number of ether oxygens (including phenoxy) is 1. The summed E-state index contributed by atoms with van der Waals surface area (Å²) in [6, 6.07) is 18.2. The molecule has 0 aliphatic heterocycles. The smallest absolute Gasteiger partial charge is 0.274 e. The van der Waals surface area contributed by atoms with E-state index in [1.165, 1.54) is 0 Å². The Morgan fingerprint density at radius 1 is 1.10 bits per heavy atom. The largest absolute Gasteiger partial charge is 0.497 e. The number of anilines is 2. The average Bonchev–Trinajstić information content (AvgIpc) is 2.74. The molecule has 2 aromatic carbocycles. The highest BCUT2D eigenvalue weighted by Crippen LogP contribution is 2.13. The summed E-state index contributed by atoms with van der Waals surface area (Å²) < 4.78 is 5.16. The minimum atomic E-state index is -0.335. The quantitative estimate of drug-likeness (QED) is 0.643. The zero-order valence-corrected chi connectivity index (χ0v) is 16.3. The molecular formula is C22H21N5O2. The molecule has 0 fully saturated rings. The van der Waals surface area contributed by atoms with E-state index in [0.29, 0.717) is 29.4 Å². The number of carbonyl (C=O) groups is 1. The van der Waals surface area contributed by atoms with Gasteiger partial charge in [-0.1, -0.05) is 12.1 Å². The van der Waals surface area contributed by atoms with E-state index in [4.69, 9.17) is 10.00 Å². The number of nitrogens with one attached hydrogen (secondary N) is 2. The number of nitrogens with zero attached hydrogens (tertiary/aromatic N) is 3. The van der Waals surface area contributed by atoms with Crippen molar-refractivity contribution in [3.8, 4) is 11.8 Å². The fourth-order valence-corrected chi connectivity index (χ4v) is 2.70. The van der Waals surface area contributed by atoms with Gasteiger partial charge >= 0.3 is 0 Å². The maximum atomic E-state index is 12.5. The van der Waals surface area contributed by atoms with E-state index in [9.17, 15) is 4.79 Å². The number of aromatic nitrogens is 2. The van der Waals surface area contributed by atoms with Gasteiger partial charge in [0.05, 0.1) is 18.7 Å². The summed E-state index contributed by atoms with van der Waals surface area (Å²) in [7, 11) is 1.64. The summed E-state index contributed by atoms with van der Waals surface area (Å²) in [5.74, 6) is 0.892. The fourth-order valence-electron chi connectivity index (χ4n) is 2.70. The van der Waals surface area contributed by atoms with Crippen LogP contribution in [0.4, 0.5) is 11.6 Å². The second kappa shape index (κ2) is 9.33. The summed E-state index contributed by atoms with van der Waals surface area (Å²) in [6.45, 7) is 2.45. The first kappa shape index (κ1) is 19.8. The molecule has 1 amide bonds. The van der Waals surface area contributed by atoms with Gasteiger partial charge in [-0.05, 0) is 61.4 Å². The Balaban J connectivity index is 1.62. The Labute approximate surface area is 169 Å². The van der Waals surface area contributed by atoms with Crippen molar-refractivity contribution in [3.05, 3.63) is 77.1 Å². The van der Waals surface area contributed by atoms with Crippen LogP contribution in [0.25, 0.3) is 0 Å². The zero-order chi connectivity index (χ0) is 20.6. The highest BCUT2D eigenvalue weighted by atomic mass is 16.5. The molecule has 0 atom stereocenters. The van der Waals surface area contributed by atoms with Crippen molar-refractivity contribution in [2.75, 3.05) is 24.3 Å². The lowest BCUT2D eigenvalue weighted by Crippen LogP contribution is -2.17. The van der Waals surface area contributed by atoms with Gasteiger partial charge in [0, 0.05) is 17.9 Å². The standard InChI is InChI=1S/C22H21N5O2/c1-15-13-20(21(28)26-18-7-3-17(14-23)4-8-18)27-22(25-15)24-12-11-16-5-9-19(29-2)10-6-16/h3-10,13H,11-12H2,1-2H3,(H,26,28)(H,24,25,27). The van der Waals surface area contributed by atoms with Gasteiger partial charge in [0.25, 0.3) is 5.91 Å². The van der Waals surface area contributed by atoms with Gasteiger partial charge in [-0.3, -0.25) is 4.79 Å². The topological polar surface area (TPSA) is 99.9 Å². The number of aryl methyl sites for hydroxylation is 1. The maximum Gasteiger partial charge on any atom is 0.274 e. The Morgan fingerprint density at radius 3 is 2.48 bits per heavy atom. The molecule has 146 valence electrons. The number of nitriles is 1. The van der Waals surface area contributed by atoms with Gasteiger partial charge in [0.15, 0.2) is 0 Å². The molecule has 0 bridgehead atoms. The van der Waals surface area contributed by atoms with Crippen LogP contribution in [0, 0.1) is 18.3 Å².